The van der Waals surface area contributed by atoms with Crippen molar-refractivity contribution in [1.29, 1.82) is 0 Å². The standard InChI is InChI=1S/C12H14BrNO4/c1-2-3-9(12(16)17)14-11(15)7-5-8-4-6-10(13)18-8/h4-7,9H,2-3H2,1H3,(H,14,15)(H,16,17)/b7-5+/t9-/m0/s1. The maximum absolute atomic E-state index is 11.5. The van der Waals surface area contributed by atoms with Gasteiger partial charge in [0, 0.05) is 6.08 Å². The van der Waals surface area contributed by atoms with Crippen LogP contribution in [-0.4, -0.2) is 23.0 Å². The molecule has 1 aromatic heterocycles. The molecule has 0 aliphatic rings. The molecule has 0 fully saturated rings. The van der Waals surface area contributed by atoms with Gasteiger partial charge in [0.05, 0.1) is 0 Å². The van der Waals surface area contributed by atoms with Gasteiger partial charge < -0.3 is 14.8 Å². The van der Waals surface area contributed by atoms with E-state index in [-0.39, 0.29) is 0 Å². The number of furan rings is 1. The summed E-state index contributed by atoms with van der Waals surface area (Å²) in [5, 5.41) is 11.3. The number of halogens is 1. The van der Waals surface area contributed by atoms with Gasteiger partial charge in [-0.3, -0.25) is 4.79 Å². The first-order chi connectivity index (χ1) is 8.52. The first-order valence-electron chi connectivity index (χ1n) is 5.49. The topological polar surface area (TPSA) is 79.5 Å². The van der Waals surface area contributed by atoms with E-state index >= 15 is 0 Å². The summed E-state index contributed by atoms with van der Waals surface area (Å²) >= 11 is 3.14. The van der Waals surface area contributed by atoms with E-state index in [1.165, 1.54) is 12.2 Å². The summed E-state index contributed by atoms with van der Waals surface area (Å²) in [6.07, 6.45) is 3.81. The van der Waals surface area contributed by atoms with Crippen molar-refractivity contribution >= 4 is 33.9 Å². The van der Waals surface area contributed by atoms with Crippen LogP contribution in [-0.2, 0) is 9.59 Å². The van der Waals surface area contributed by atoms with Crippen molar-refractivity contribution in [2.75, 3.05) is 0 Å². The zero-order valence-electron chi connectivity index (χ0n) is 9.85. The molecular weight excluding hydrogens is 302 g/mol. The minimum Gasteiger partial charge on any atom is -0.480 e. The molecule has 1 atom stereocenters. The van der Waals surface area contributed by atoms with E-state index in [4.69, 9.17) is 9.52 Å². The highest BCUT2D eigenvalue weighted by molar-refractivity contribution is 9.10. The summed E-state index contributed by atoms with van der Waals surface area (Å²) < 4.78 is 5.73. The average Bonchev–Trinajstić information content (AvgIpc) is 2.72. The molecule has 1 amide bonds. The van der Waals surface area contributed by atoms with E-state index in [1.807, 2.05) is 6.92 Å². The Bertz CT molecular complexity index is 453. The maximum Gasteiger partial charge on any atom is 0.326 e. The van der Waals surface area contributed by atoms with Gasteiger partial charge in [-0.15, -0.1) is 0 Å². The second-order valence-corrected chi connectivity index (χ2v) is 4.44. The third-order valence-corrected chi connectivity index (χ3v) is 2.61. The lowest BCUT2D eigenvalue weighted by Crippen LogP contribution is -2.39. The van der Waals surface area contributed by atoms with Gasteiger partial charge in [-0.05, 0) is 40.6 Å². The first kappa shape index (κ1) is 14.5. The molecule has 0 aliphatic carbocycles. The van der Waals surface area contributed by atoms with Crippen molar-refractivity contribution in [2.45, 2.75) is 25.8 Å². The third kappa shape index (κ3) is 4.75. The van der Waals surface area contributed by atoms with Crippen molar-refractivity contribution < 1.29 is 19.1 Å². The molecule has 0 unspecified atom stereocenters. The van der Waals surface area contributed by atoms with Crippen molar-refractivity contribution in [3.8, 4) is 0 Å². The molecule has 0 spiro atoms. The number of amides is 1. The molecule has 0 aliphatic heterocycles. The summed E-state index contributed by atoms with van der Waals surface area (Å²) in [6, 6.07) is 2.54. The summed E-state index contributed by atoms with van der Waals surface area (Å²) in [4.78, 5) is 22.3. The van der Waals surface area contributed by atoms with Gasteiger partial charge in [0.2, 0.25) is 5.91 Å². The van der Waals surface area contributed by atoms with Crippen molar-refractivity contribution in [3.63, 3.8) is 0 Å². The molecule has 1 aromatic rings. The van der Waals surface area contributed by atoms with E-state index in [9.17, 15) is 9.59 Å². The Balaban J connectivity index is 2.54. The average molecular weight is 316 g/mol. The van der Waals surface area contributed by atoms with Crippen LogP contribution in [0.3, 0.4) is 0 Å². The van der Waals surface area contributed by atoms with Crippen LogP contribution in [0.1, 0.15) is 25.5 Å². The molecular formula is C12H14BrNO4. The minimum absolute atomic E-state index is 0.404. The highest BCUT2D eigenvalue weighted by Gasteiger charge is 2.17. The predicted molar refractivity (Wildman–Crippen MR) is 69.9 cm³/mol. The van der Waals surface area contributed by atoms with E-state index in [0.29, 0.717) is 23.3 Å². The van der Waals surface area contributed by atoms with Crippen LogP contribution in [0, 0.1) is 0 Å². The number of hydrogen-bond donors (Lipinski definition) is 2. The number of carbonyl (C=O) groups is 2. The lowest BCUT2D eigenvalue weighted by molar-refractivity contribution is -0.141. The Labute approximate surface area is 113 Å². The summed E-state index contributed by atoms with van der Waals surface area (Å²) in [5.74, 6) is -0.970. The number of carboxylic acids is 1. The zero-order chi connectivity index (χ0) is 13.5. The fraction of sp³-hybridized carbons (Fsp3) is 0.333. The van der Waals surface area contributed by atoms with Crippen LogP contribution in [0.15, 0.2) is 27.3 Å². The summed E-state index contributed by atoms with van der Waals surface area (Å²) in [5.41, 5.74) is 0. The molecule has 0 bridgehead atoms. The molecule has 1 rings (SSSR count). The van der Waals surface area contributed by atoms with Crippen molar-refractivity contribution in [3.05, 3.63) is 28.6 Å². The van der Waals surface area contributed by atoms with E-state index in [2.05, 4.69) is 21.2 Å². The SMILES string of the molecule is CCC[C@H](NC(=O)/C=C/c1ccc(Br)o1)C(=O)O. The smallest absolute Gasteiger partial charge is 0.326 e. The van der Waals surface area contributed by atoms with Crippen molar-refractivity contribution in [1.82, 2.24) is 5.32 Å². The number of aliphatic carboxylic acids is 1. The van der Waals surface area contributed by atoms with Crippen LogP contribution in [0.4, 0.5) is 0 Å². The fourth-order valence-electron chi connectivity index (χ4n) is 1.34. The van der Waals surface area contributed by atoms with Gasteiger partial charge in [-0.2, -0.15) is 0 Å². The third-order valence-electron chi connectivity index (χ3n) is 2.18. The second-order valence-electron chi connectivity index (χ2n) is 3.66. The molecule has 1 heterocycles. The molecule has 0 saturated carbocycles. The van der Waals surface area contributed by atoms with Crippen molar-refractivity contribution in [2.24, 2.45) is 0 Å². The van der Waals surface area contributed by atoms with Gasteiger partial charge >= 0.3 is 5.97 Å². The Hall–Kier alpha value is -1.56. The van der Waals surface area contributed by atoms with Crippen LogP contribution < -0.4 is 5.32 Å². The van der Waals surface area contributed by atoms with Gasteiger partial charge in [0.1, 0.15) is 11.8 Å². The van der Waals surface area contributed by atoms with Crippen LogP contribution in [0.2, 0.25) is 0 Å². The number of hydrogen-bond acceptors (Lipinski definition) is 3. The van der Waals surface area contributed by atoms with Crippen LogP contribution in [0.5, 0.6) is 0 Å². The monoisotopic (exact) mass is 315 g/mol. The maximum atomic E-state index is 11.5. The second kappa shape index (κ2) is 7.00. The summed E-state index contributed by atoms with van der Waals surface area (Å²) in [6.45, 7) is 1.86. The van der Waals surface area contributed by atoms with Gasteiger partial charge in [0.15, 0.2) is 4.67 Å². The fourth-order valence-corrected chi connectivity index (χ4v) is 1.66. The number of rotatable bonds is 6. The minimum atomic E-state index is -1.03. The summed E-state index contributed by atoms with van der Waals surface area (Å²) in [7, 11) is 0. The molecule has 98 valence electrons. The normalized spacial score (nSPS) is 12.6. The van der Waals surface area contributed by atoms with Gasteiger partial charge in [-0.25, -0.2) is 4.79 Å². The van der Waals surface area contributed by atoms with E-state index in [0.717, 1.165) is 0 Å². The lowest BCUT2D eigenvalue weighted by Gasteiger charge is -2.11. The van der Waals surface area contributed by atoms with Gasteiger partial charge in [-0.1, -0.05) is 13.3 Å². The highest BCUT2D eigenvalue weighted by atomic mass is 79.9. The Morgan fingerprint density at radius 3 is 2.78 bits per heavy atom. The molecule has 0 saturated heterocycles. The molecule has 5 nitrogen and oxygen atoms in total. The predicted octanol–water partition coefficient (Wildman–Crippen LogP) is 2.42. The molecule has 0 radical (unpaired) electrons. The highest BCUT2D eigenvalue weighted by Crippen LogP contribution is 2.14. The van der Waals surface area contributed by atoms with E-state index < -0.39 is 17.9 Å². The molecule has 2 N–H and O–H groups in total. The quantitative estimate of drug-likeness (QED) is 0.790. The molecule has 18 heavy (non-hydrogen) atoms. The lowest BCUT2D eigenvalue weighted by atomic mass is 10.1. The Kier molecular flexibility index (Phi) is 5.64. The molecule has 0 aromatic carbocycles. The Morgan fingerprint density at radius 2 is 2.28 bits per heavy atom. The zero-order valence-corrected chi connectivity index (χ0v) is 11.4. The van der Waals surface area contributed by atoms with Gasteiger partial charge in [0.25, 0.3) is 0 Å². The van der Waals surface area contributed by atoms with E-state index in [1.54, 1.807) is 12.1 Å². The number of nitrogens with one attached hydrogen (secondary N) is 1. The van der Waals surface area contributed by atoms with Crippen LogP contribution >= 0.6 is 15.9 Å². The number of carboxylic acid groups (broad SMARTS) is 1. The van der Waals surface area contributed by atoms with Crippen LogP contribution in [0.25, 0.3) is 6.08 Å². The largest absolute Gasteiger partial charge is 0.480 e. The Morgan fingerprint density at radius 1 is 1.56 bits per heavy atom. The number of carbonyl (C=O) groups excluding carboxylic acids is 1. The first-order valence-corrected chi connectivity index (χ1v) is 6.29. The molecule has 6 heteroatoms.